The summed E-state index contributed by atoms with van der Waals surface area (Å²) in [5.74, 6) is 0.627. The lowest BCUT2D eigenvalue weighted by Gasteiger charge is -2.35. The molecule has 0 bridgehead atoms. The van der Waals surface area contributed by atoms with Crippen LogP contribution in [0.3, 0.4) is 0 Å². The normalized spacial score (nSPS) is 25.1. The predicted molar refractivity (Wildman–Crippen MR) is 136 cm³/mol. The van der Waals surface area contributed by atoms with Crippen molar-refractivity contribution in [3.8, 4) is 11.3 Å². The number of rotatable bonds is 4. The van der Waals surface area contributed by atoms with Gasteiger partial charge < -0.3 is 9.84 Å². The van der Waals surface area contributed by atoms with E-state index in [9.17, 15) is 5.11 Å². The summed E-state index contributed by atoms with van der Waals surface area (Å²) in [5.41, 5.74) is 8.25. The van der Waals surface area contributed by atoms with E-state index in [1.54, 1.807) is 7.11 Å². The van der Waals surface area contributed by atoms with Crippen molar-refractivity contribution in [3.63, 3.8) is 0 Å². The fourth-order valence-corrected chi connectivity index (χ4v) is 7.28. The predicted octanol–water partition coefficient (Wildman–Crippen LogP) is 5.81. The molecule has 3 aliphatic rings. The van der Waals surface area contributed by atoms with Crippen molar-refractivity contribution >= 4 is 21.7 Å². The second-order valence-electron chi connectivity index (χ2n) is 11.6. The molecule has 1 N–H and O–H groups in total. The summed E-state index contributed by atoms with van der Waals surface area (Å²) in [6, 6.07) is 20.4. The largest absolute Gasteiger partial charge is 0.381 e. The molecular weight excluding hydrogens is 418 g/mol. The number of aliphatic hydroxyl groups is 1. The molecule has 0 saturated heterocycles. The first-order chi connectivity index (χ1) is 16.3. The highest BCUT2D eigenvalue weighted by Crippen LogP contribution is 2.66. The number of hydrogen-bond donors (Lipinski definition) is 1. The van der Waals surface area contributed by atoms with Gasteiger partial charge in [0.05, 0.1) is 18.1 Å². The second-order valence-corrected chi connectivity index (χ2v) is 11.6. The van der Waals surface area contributed by atoms with Crippen LogP contribution in [0.1, 0.15) is 61.9 Å². The first-order valence-electron chi connectivity index (χ1n) is 12.6. The van der Waals surface area contributed by atoms with E-state index in [-0.39, 0.29) is 17.4 Å². The van der Waals surface area contributed by atoms with Gasteiger partial charge in [-0.25, -0.2) is 0 Å². The van der Waals surface area contributed by atoms with Crippen LogP contribution in [0.2, 0.25) is 0 Å². The van der Waals surface area contributed by atoms with Crippen LogP contribution in [0.15, 0.2) is 54.6 Å². The van der Waals surface area contributed by atoms with Crippen LogP contribution in [0.25, 0.3) is 32.9 Å². The standard InChI is InChI=1S/C31H32NO2/c1-17(2)14-19-9-7-11-24-21(19)15-23-28-26-20(27-29(32(24)28)31(27,33)16-34-5)13-12-18-8-6-10-22(25(18)26)30(23,3)4/h6-13,15,17,27,29,33H,14,16H2,1-5H3/q+1. The summed E-state index contributed by atoms with van der Waals surface area (Å²) >= 11 is 0. The van der Waals surface area contributed by atoms with Crippen LogP contribution >= 0.6 is 0 Å². The Morgan fingerprint density at radius 2 is 1.82 bits per heavy atom. The Kier molecular flexibility index (Phi) is 3.92. The van der Waals surface area contributed by atoms with E-state index in [0.29, 0.717) is 12.5 Å². The molecule has 172 valence electrons. The number of methoxy groups -OCH3 is 1. The van der Waals surface area contributed by atoms with Gasteiger partial charge in [-0.05, 0) is 45.9 Å². The molecule has 0 spiro atoms. The third-order valence-corrected chi connectivity index (χ3v) is 8.75. The number of nitrogens with zero attached hydrogens (tertiary/aromatic N) is 1. The summed E-state index contributed by atoms with van der Waals surface area (Å²) in [6.45, 7) is 9.65. The van der Waals surface area contributed by atoms with Crippen molar-refractivity contribution in [2.45, 2.75) is 57.1 Å². The first-order valence-corrected chi connectivity index (χ1v) is 12.6. The molecule has 1 saturated carbocycles. The Bertz CT molecular complexity index is 1530. The fourth-order valence-electron chi connectivity index (χ4n) is 7.28. The minimum absolute atomic E-state index is 0.00906. The molecule has 2 aliphatic carbocycles. The summed E-state index contributed by atoms with van der Waals surface area (Å²) in [7, 11) is 1.70. The molecule has 1 fully saturated rings. The number of aromatic nitrogens is 1. The third kappa shape index (κ3) is 2.32. The van der Waals surface area contributed by atoms with Crippen molar-refractivity contribution in [2.75, 3.05) is 13.7 Å². The van der Waals surface area contributed by atoms with E-state index >= 15 is 0 Å². The van der Waals surface area contributed by atoms with Gasteiger partial charge in [-0.1, -0.05) is 70.2 Å². The molecule has 3 unspecified atom stereocenters. The smallest absolute Gasteiger partial charge is 0.218 e. The zero-order valence-corrected chi connectivity index (χ0v) is 20.6. The van der Waals surface area contributed by atoms with Gasteiger partial charge in [0.25, 0.3) is 0 Å². The number of pyridine rings is 1. The number of ether oxygens (including phenoxy) is 1. The van der Waals surface area contributed by atoms with Crippen LogP contribution in [0, 0.1) is 5.92 Å². The molecule has 2 heterocycles. The third-order valence-electron chi connectivity index (χ3n) is 8.75. The average Bonchev–Trinajstić information content (AvgIpc) is 3.41. The van der Waals surface area contributed by atoms with Gasteiger partial charge in [-0.3, -0.25) is 0 Å². The van der Waals surface area contributed by atoms with Crippen LogP contribution in [-0.2, 0) is 16.6 Å². The molecule has 34 heavy (non-hydrogen) atoms. The molecular formula is C31H32NO2+. The van der Waals surface area contributed by atoms with E-state index in [2.05, 4.69) is 86.9 Å². The molecule has 7 rings (SSSR count). The molecule has 3 nitrogen and oxygen atoms in total. The molecule has 0 amide bonds. The first kappa shape index (κ1) is 20.6. The van der Waals surface area contributed by atoms with Gasteiger partial charge in [0.15, 0.2) is 5.60 Å². The highest BCUT2D eigenvalue weighted by molar-refractivity contribution is 6.05. The van der Waals surface area contributed by atoms with Gasteiger partial charge in [-0.2, -0.15) is 4.57 Å². The molecule has 1 aromatic heterocycles. The van der Waals surface area contributed by atoms with Gasteiger partial charge in [0.1, 0.15) is 0 Å². The Morgan fingerprint density at radius 1 is 1.03 bits per heavy atom. The zero-order chi connectivity index (χ0) is 23.6. The number of fused-ring (bicyclic) bond motifs is 5. The molecule has 3 aromatic carbocycles. The van der Waals surface area contributed by atoms with E-state index in [1.165, 1.54) is 55.2 Å². The Labute approximate surface area is 201 Å². The lowest BCUT2D eigenvalue weighted by Crippen LogP contribution is -2.45. The van der Waals surface area contributed by atoms with Gasteiger partial charge in [0.2, 0.25) is 17.3 Å². The highest BCUT2D eigenvalue weighted by Gasteiger charge is 2.75. The van der Waals surface area contributed by atoms with Crippen LogP contribution < -0.4 is 4.57 Å². The molecule has 1 aliphatic heterocycles. The topological polar surface area (TPSA) is 33.3 Å². The van der Waals surface area contributed by atoms with Crippen molar-refractivity contribution in [1.82, 2.24) is 0 Å². The molecule has 3 atom stereocenters. The van der Waals surface area contributed by atoms with Crippen molar-refractivity contribution in [1.29, 1.82) is 0 Å². The number of benzene rings is 3. The maximum Gasteiger partial charge on any atom is 0.218 e. The molecule has 3 heteroatoms. The van der Waals surface area contributed by atoms with E-state index in [0.717, 1.165) is 6.42 Å². The SMILES string of the molecule is COCC1(O)C2c3ccc4cccc5c4c3-c3c(cc4c(CC(C)C)cccc4[n+]3C21)C5(C)C. The summed E-state index contributed by atoms with van der Waals surface area (Å²) in [5, 5.41) is 15.9. The van der Waals surface area contributed by atoms with Gasteiger partial charge in [-0.15, -0.1) is 0 Å². The van der Waals surface area contributed by atoms with Crippen LogP contribution in [-0.4, -0.2) is 24.4 Å². The fraction of sp³-hybridized carbons (Fsp3) is 0.387. The summed E-state index contributed by atoms with van der Waals surface area (Å²) in [6.07, 6.45) is 1.05. The zero-order valence-electron chi connectivity index (χ0n) is 20.6. The Balaban J connectivity index is 1.69. The molecule has 4 aromatic rings. The average molecular weight is 451 g/mol. The molecule has 0 radical (unpaired) electrons. The van der Waals surface area contributed by atoms with Crippen LogP contribution in [0.5, 0.6) is 0 Å². The van der Waals surface area contributed by atoms with E-state index < -0.39 is 5.60 Å². The number of hydrogen-bond acceptors (Lipinski definition) is 2. The van der Waals surface area contributed by atoms with Gasteiger partial charge >= 0.3 is 0 Å². The Morgan fingerprint density at radius 3 is 2.59 bits per heavy atom. The summed E-state index contributed by atoms with van der Waals surface area (Å²) < 4.78 is 8.09. The van der Waals surface area contributed by atoms with Crippen molar-refractivity contribution in [3.05, 3.63) is 76.9 Å². The monoisotopic (exact) mass is 450 g/mol. The Hall–Kier alpha value is -2.75. The highest BCUT2D eigenvalue weighted by atomic mass is 16.5. The van der Waals surface area contributed by atoms with E-state index in [4.69, 9.17) is 4.74 Å². The van der Waals surface area contributed by atoms with Crippen LogP contribution in [0.4, 0.5) is 0 Å². The van der Waals surface area contributed by atoms with Gasteiger partial charge in [0, 0.05) is 29.5 Å². The second kappa shape index (κ2) is 6.47. The maximum atomic E-state index is 11.9. The quantitative estimate of drug-likeness (QED) is 0.398. The van der Waals surface area contributed by atoms with Crippen molar-refractivity contribution in [2.24, 2.45) is 5.92 Å². The van der Waals surface area contributed by atoms with Crippen molar-refractivity contribution < 1.29 is 14.4 Å². The lowest BCUT2D eigenvalue weighted by molar-refractivity contribution is -0.673. The van der Waals surface area contributed by atoms with E-state index in [1.807, 2.05) is 0 Å². The lowest BCUT2D eigenvalue weighted by atomic mass is 9.68. The summed E-state index contributed by atoms with van der Waals surface area (Å²) in [4.78, 5) is 0. The maximum absolute atomic E-state index is 11.9. The minimum Gasteiger partial charge on any atom is -0.381 e. The minimum atomic E-state index is -0.893.